The van der Waals surface area contributed by atoms with Gasteiger partial charge < -0.3 is 5.11 Å². The molecule has 0 spiro atoms. The Morgan fingerprint density at radius 1 is 1.32 bits per heavy atom. The Bertz CT molecular complexity index is 385. The number of carbonyl (C=O) groups excluding carboxylic acids is 1. The van der Waals surface area contributed by atoms with Crippen molar-refractivity contribution in [3.63, 3.8) is 0 Å². The zero-order chi connectivity index (χ0) is 14.3. The van der Waals surface area contributed by atoms with Gasteiger partial charge in [-0.1, -0.05) is 27.2 Å². The van der Waals surface area contributed by atoms with Crippen LogP contribution in [0.5, 0.6) is 0 Å². The molecule has 0 radical (unpaired) electrons. The highest BCUT2D eigenvalue weighted by Crippen LogP contribution is 2.59. The van der Waals surface area contributed by atoms with Crippen molar-refractivity contribution in [3.05, 3.63) is 0 Å². The van der Waals surface area contributed by atoms with Crippen LogP contribution in [0.15, 0.2) is 0 Å². The minimum atomic E-state index is -0.784. The summed E-state index contributed by atoms with van der Waals surface area (Å²) in [6.07, 6.45) is 5.76. The minimum absolute atomic E-state index is 0.0204. The molecule has 2 aliphatic carbocycles. The molecule has 2 aliphatic rings. The fraction of sp³-hybridized carbons (Fsp3) is 0.875. The molecule has 0 aliphatic heterocycles. The Kier molecular flexibility index (Phi) is 3.76. The van der Waals surface area contributed by atoms with Gasteiger partial charge in [-0.25, -0.2) is 0 Å². The summed E-state index contributed by atoms with van der Waals surface area (Å²) in [5, 5.41) is 8.90. The molecule has 0 unspecified atom stereocenters. The molecule has 0 heterocycles. The Labute approximate surface area is 115 Å². The number of rotatable bonds is 3. The molecule has 2 rings (SSSR count). The summed E-state index contributed by atoms with van der Waals surface area (Å²) in [7, 11) is 0. The third kappa shape index (κ3) is 2.56. The smallest absolute Gasteiger partial charge is 0.303 e. The third-order valence-corrected chi connectivity index (χ3v) is 5.79. The van der Waals surface area contributed by atoms with Crippen LogP contribution in [0.4, 0.5) is 0 Å². The van der Waals surface area contributed by atoms with E-state index in [0.717, 1.165) is 19.3 Å². The quantitative estimate of drug-likeness (QED) is 0.848. The van der Waals surface area contributed by atoms with E-state index in [2.05, 4.69) is 20.8 Å². The lowest BCUT2D eigenvalue weighted by Gasteiger charge is -2.56. The molecule has 1 N–H and O–H groups in total. The van der Waals surface area contributed by atoms with Crippen LogP contribution >= 0.6 is 0 Å². The first-order valence-corrected chi connectivity index (χ1v) is 7.52. The maximum absolute atomic E-state index is 12.3. The van der Waals surface area contributed by atoms with Gasteiger partial charge in [-0.15, -0.1) is 0 Å². The van der Waals surface area contributed by atoms with Crippen LogP contribution < -0.4 is 0 Å². The highest BCUT2D eigenvalue weighted by Gasteiger charge is 2.54. The molecule has 2 fully saturated rings. The topological polar surface area (TPSA) is 54.4 Å². The van der Waals surface area contributed by atoms with E-state index in [1.54, 1.807) is 0 Å². The number of ketones is 1. The van der Waals surface area contributed by atoms with Crippen LogP contribution in [-0.4, -0.2) is 16.9 Å². The highest BCUT2D eigenvalue weighted by atomic mass is 16.4. The van der Waals surface area contributed by atoms with Crippen molar-refractivity contribution in [1.29, 1.82) is 0 Å². The van der Waals surface area contributed by atoms with E-state index in [9.17, 15) is 9.59 Å². The summed E-state index contributed by atoms with van der Waals surface area (Å²) in [6, 6.07) is 0. The average Bonchev–Trinajstić information content (AvgIpc) is 2.26. The third-order valence-electron chi connectivity index (χ3n) is 5.79. The van der Waals surface area contributed by atoms with Gasteiger partial charge in [0.2, 0.25) is 0 Å². The summed E-state index contributed by atoms with van der Waals surface area (Å²) >= 11 is 0. The van der Waals surface area contributed by atoms with E-state index in [-0.39, 0.29) is 23.2 Å². The molecule has 3 atom stereocenters. The summed E-state index contributed by atoms with van der Waals surface area (Å²) in [5.41, 5.74) is 0.307. The predicted molar refractivity (Wildman–Crippen MR) is 73.8 cm³/mol. The highest BCUT2D eigenvalue weighted by molar-refractivity contribution is 5.83. The standard InChI is InChI=1S/C16H26O3/c1-15(2)9-4-10-16(3)11(5-8-14(18)19)12(17)6-7-13(15)16/h11,13H,4-10H2,1-3H3,(H,18,19)/t11-,13-,16+/m0/s1. The second-order valence-corrected chi connectivity index (χ2v) is 7.39. The van der Waals surface area contributed by atoms with E-state index in [1.165, 1.54) is 6.42 Å². The molecule has 3 heteroatoms. The number of carboxylic acid groups (broad SMARTS) is 1. The van der Waals surface area contributed by atoms with Crippen LogP contribution in [0, 0.1) is 22.7 Å². The minimum Gasteiger partial charge on any atom is -0.481 e. The number of hydrogen-bond donors (Lipinski definition) is 1. The number of fused-ring (bicyclic) bond motifs is 1. The van der Waals surface area contributed by atoms with Gasteiger partial charge in [-0.05, 0) is 42.4 Å². The molecule has 0 bridgehead atoms. The molecule has 0 aromatic rings. The monoisotopic (exact) mass is 266 g/mol. The second-order valence-electron chi connectivity index (χ2n) is 7.39. The largest absolute Gasteiger partial charge is 0.481 e. The molecule has 2 saturated carbocycles. The Hall–Kier alpha value is -0.860. The SMILES string of the molecule is CC1(C)CCC[C@]2(C)[C@@H](CCC(=O)O)C(=O)CC[C@@H]12. The van der Waals surface area contributed by atoms with Crippen LogP contribution in [0.1, 0.15) is 65.7 Å². The Morgan fingerprint density at radius 3 is 2.63 bits per heavy atom. The van der Waals surface area contributed by atoms with Gasteiger partial charge in [-0.3, -0.25) is 9.59 Å². The molecular weight excluding hydrogens is 240 g/mol. The number of hydrogen-bond acceptors (Lipinski definition) is 2. The summed E-state index contributed by atoms with van der Waals surface area (Å²) in [5.74, 6) is 0.0402. The van der Waals surface area contributed by atoms with E-state index in [4.69, 9.17) is 5.11 Å². The van der Waals surface area contributed by atoms with Crippen molar-refractivity contribution < 1.29 is 14.7 Å². The zero-order valence-electron chi connectivity index (χ0n) is 12.4. The number of carboxylic acids is 1. The van der Waals surface area contributed by atoms with E-state index < -0.39 is 5.97 Å². The first-order chi connectivity index (χ1) is 8.77. The van der Waals surface area contributed by atoms with E-state index >= 15 is 0 Å². The predicted octanol–water partition coefficient (Wildman–Crippen LogP) is 3.66. The van der Waals surface area contributed by atoms with Crippen molar-refractivity contribution in [2.45, 2.75) is 65.7 Å². The van der Waals surface area contributed by atoms with Crippen LogP contribution in [0.2, 0.25) is 0 Å². The molecule has 108 valence electrons. The van der Waals surface area contributed by atoms with Gasteiger partial charge in [0.05, 0.1) is 0 Å². The molecule has 0 saturated heterocycles. The molecule has 0 amide bonds. The van der Waals surface area contributed by atoms with E-state index in [1.807, 2.05) is 0 Å². The Balaban J connectivity index is 2.24. The summed E-state index contributed by atoms with van der Waals surface area (Å²) in [6.45, 7) is 6.88. The van der Waals surface area contributed by atoms with Gasteiger partial charge in [0.15, 0.2) is 0 Å². The lowest BCUT2D eigenvalue weighted by Crippen LogP contribution is -2.51. The number of aliphatic carboxylic acids is 1. The summed E-state index contributed by atoms with van der Waals surface area (Å²) in [4.78, 5) is 23.1. The van der Waals surface area contributed by atoms with E-state index in [0.29, 0.717) is 24.5 Å². The molecule has 3 nitrogen and oxygen atoms in total. The maximum Gasteiger partial charge on any atom is 0.303 e. The zero-order valence-corrected chi connectivity index (χ0v) is 12.4. The fourth-order valence-corrected chi connectivity index (χ4v) is 4.89. The van der Waals surface area contributed by atoms with Gasteiger partial charge in [0, 0.05) is 18.8 Å². The van der Waals surface area contributed by atoms with Crippen LogP contribution in [-0.2, 0) is 9.59 Å². The van der Waals surface area contributed by atoms with Crippen molar-refractivity contribution in [2.75, 3.05) is 0 Å². The number of Topliss-reactive ketones (excluding diaryl/α,β-unsaturated/α-hetero) is 1. The normalized spacial score (nSPS) is 37.7. The first-order valence-electron chi connectivity index (χ1n) is 7.52. The van der Waals surface area contributed by atoms with Gasteiger partial charge in [0.1, 0.15) is 5.78 Å². The van der Waals surface area contributed by atoms with Crippen molar-refractivity contribution >= 4 is 11.8 Å². The average molecular weight is 266 g/mol. The molecule has 0 aromatic carbocycles. The van der Waals surface area contributed by atoms with Crippen molar-refractivity contribution in [2.24, 2.45) is 22.7 Å². The molecular formula is C16H26O3. The van der Waals surface area contributed by atoms with Crippen LogP contribution in [0.25, 0.3) is 0 Å². The van der Waals surface area contributed by atoms with Crippen LogP contribution in [0.3, 0.4) is 0 Å². The van der Waals surface area contributed by atoms with Crippen molar-refractivity contribution in [3.8, 4) is 0 Å². The lowest BCUT2D eigenvalue weighted by molar-refractivity contribution is -0.145. The Morgan fingerprint density at radius 2 is 2.00 bits per heavy atom. The lowest BCUT2D eigenvalue weighted by atomic mass is 9.47. The number of carbonyl (C=O) groups is 2. The maximum atomic E-state index is 12.3. The second kappa shape index (κ2) is 4.92. The molecule has 19 heavy (non-hydrogen) atoms. The van der Waals surface area contributed by atoms with Gasteiger partial charge >= 0.3 is 5.97 Å². The molecule has 0 aromatic heterocycles. The van der Waals surface area contributed by atoms with Gasteiger partial charge in [0.25, 0.3) is 0 Å². The van der Waals surface area contributed by atoms with Gasteiger partial charge in [-0.2, -0.15) is 0 Å². The summed E-state index contributed by atoms with van der Waals surface area (Å²) < 4.78 is 0. The first kappa shape index (κ1) is 14.5. The fourth-order valence-electron chi connectivity index (χ4n) is 4.89. The van der Waals surface area contributed by atoms with Crippen molar-refractivity contribution in [1.82, 2.24) is 0 Å².